The fraction of sp³-hybridized carbons (Fsp3) is 0.944. The van der Waals surface area contributed by atoms with Crippen LogP contribution in [0.5, 0.6) is 0 Å². The minimum atomic E-state index is -0.251. The number of aliphatic imine (C=N–C) groups is 1. The summed E-state index contributed by atoms with van der Waals surface area (Å²) in [5.74, 6) is 0. The zero-order valence-corrected chi connectivity index (χ0v) is 17.5. The van der Waals surface area contributed by atoms with E-state index in [-0.39, 0.29) is 13.7 Å². The highest BCUT2D eigenvalue weighted by Gasteiger charge is 2.49. The van der Waals surface area contributed by atoms with Crippen molar-refractivity contribution in [1.82, 2.24) is 14.5 Å². The summed E-state index contributed by atoms with van der Waals surface area (Å²) in [5.41, 5.74) is 1.44. The maximum atomic E-state index is 5.16. The number of hydrogen-bond donors (Lipinski definition) is 0. The third-order valence-corrected chi connectivity index (χ3v) is 7.61. The summed E-state index contributed by atoms with van der Waals surface area (Å²) in [6.07, 6.45) is 10.5. The molecule has 23 heavy (non-hydrogen) atoms. The third kappa shape index (κ3) is 5.22. The Morgan fingerprint density at radius 2 is 1.48 bits per heavy atom. The lowest BCUT2D eigenvalue weighted by Crippen LogP contribution is -2.58. The van der Waals surface area contributed by atoms with Crippen molar-refractivity contribution in [2.75, 3.05) is 55.0 Å². The van der Waals surface area contributed by atoms with Crippen molar-refractivity contribution in [3.63, 3.8) is 0 Å². The first-order valence-corrected chi connectivity index (χ1v) is 10.7. The van der Waals surface area contributed by atoms with E-state index in [0.29, 0.717) is 0 Å². The van der Waals surface area contributed by atoms with Gasteiger partial charge in [-0.15, -0.1) is 0 Å². The van der Waals surface area contributed by atoms with Gasteiger partial charge in [0.25, 0.3) is 0 Å². The Morgan fingerprint density at radius 3 is 2.00 bits per heavy atom. The van der Waals surface area contributed by atoms with Crippen LogP contribution in [0.4, 0.5) is 0 Å². The smallest absolute Gasteiger partial charge is 0.118 e. The standard InChI is InChI=1S/C18H39N4P/c1-8-9-10-11-12-13-15-19-17-18(20(2)3,21(4)5)14-16-23(17)22(6)7/h8-16H2,1-7H3/b19-17-. The van der Waals surface area contributed by atoms with Crippen molar-refractivity contribution < 1.29 is 0 Å². The molecule has 1 aliphatic rings. The average molecular weight is 343 g/mol. The number of nitrogens with zero attached hydrogens (tertiary/aromatic N) is 4. The van der Waals surface area contributed by atoms with Crippen molar-refractivity contribution in [3.05, 3.63) is 0 Å². The molecule has 0 aromatic carbocycles. The van der Waals surface area contributed by atoms with Gasteiger partial charge in [0, 0.05) is 14.6 Å². The highest BCUT2D eigenvalue weighted by molar-refractivity contribution is 7.74. The second-order valence-corrected chi connectivity index (χ2v) is 9.77. The van der Waals surface area contributed by atoms with E-state index in [4.69, 9.17) is 4.99 Å². The maximum absolute atomic E-state index is 5.16. The Balaban J connectivity index is 2.75. The van der Waals surface area contributed by atoms with Crippen LogP contribution in [0.2, 0.25) is 0 Å². The topological polar surface area (TPSA) is 22.1 Å². The molecule has 0 spiro atoms. The molecule has 0 aliphatic carbocycles. The minimum Gasteiger partial charge on any atom is -0.286 e. The van der Waals surface area contributed by atoms with E-state index in [1.54, 1.807) is 0 Å². The number of rotatable bonds is 10. The molecule has 0 bridgehead atoms. The van der Waals surface area contributed by atoms with Gasteiger partial charge in [0.05, 0.1) is 5.45 Å². The molecule has 0 aromatic rings. The zero-order valence-electron chi connectivity index (χ0n) is 16.6. The Kier molecular flexibility index (Phi) is 9.21. The fourth-order valence-corrected chi connectivity index (χ4v) is 6.31. The third-order valence-electron chi connectivity index (χ3n) is 5.01. The van der Waals surface area contributed by atoms with Gasteiger partial charge < -0.3 is 0 Å². The van der Waals surface area contributed by atoms with E-state index in [2.05, 4.69) is 63.7 Å². The lowest BCUT2D eigenvalue weighted by molar-refractivity contribution is 0.0732. The van der Waals surface area contributed by atoms with E-state index in [1.165, 1.54) is 56.6 Å². The van der Waals surface area contributed by atoms with Crippen LogP contribution in [0, 0.1) is 0 Å². The highest BCUT2D eigenvalue weighted by atomic mass is 31.1. The first kappa shape index (κ1) is 21.0. The van der Waals surface area contributed by atoms with Gasteiger partial charge in [-0.05, 0) is 61.3 Å². The first-order valence-electron chi connectivity index (χ1n) is 9.22. The number of unbranched alkanes of at least 4 members (excludes halogenated alkanes) is 5. The molecule has 1 atom stereocenters. The van der Waals surface area contributed by atoms with Gasteiger partial charge in [0.15, 0.2) is 0 Å². The van der Waals surface area contributed by atoms with Crippen molar-refractivity contribution in [2.24, 2.45) is 4.99 Å². The predicted molar refractivity (Wildman–Crippen MR) is 106 cm³/mol. The highest BCUT2D eigenvalue weighted by Crippen LogP contribution is 2.54. The lowest BCUT2D eigenvalue weighted by atomic mass is 10.1. The molecule has 5 heteroatoms. The monoisotopic (exact) mass is 342 g/mol. The molecule has 1 rings (SSSR count). The minimum absolute atomic E-state index is 0.0121. The van der Waals surface area contributed by atoms with Crippen LogP contribution < -0.4 is 0 Å². The van der Waals surface area contributed by atoms with E-state index in [9.17, 15) is 0 Å². The van der Waals surface area contributed by atoms with Crippen LogP contribution in [0.1, 0.15) is 51.9 Å². The molecule has 0 saturated carbocycles. The Hall–Kier alpha value is -0.0200. The SMILES string of the molecule is CCCCCCCC/N=C1\P(N(C)C)CCC1(N(C)C)N(C)C. The van der Waals surface area contributed by atoms with E-state index in [0.717, 1.165) is 6.54 Å². The Labute approximate surface area is 146 Å². The molecule has 0 N–H and O–H groups in total. The molecular formula is C18H39N4P. The van der Waals surface area contributed by atoms with Gasteiger partial charge in [-0.3, -0.25) is 19.5 Å². The van der Waals surface area contributed by atoms with E-state index >= 15 is 0 Å². The second kappa shape index (κ2) is 10.1. The summed E-state index contributed by atoms with van der Waals surface area (Å²) in [5, 5.41) is 0. The summed E-state index contributed by atoms with van der Waals surface area (Å²) in [7, 11) is 13.0. The molecule has 0 radical (unpaired) electrons. The van der Waals surface area contributed by atoms with Crippen molar-refractivity contribution in [1.29, 1.82) is 0 Å². The van der Waals surface area contributed by atoms with Crippen LogP contribution in [-0.4, -0.2) is 80.6 Å². The largest absolute Gasteiger partial charge is 0.286 e. The normalized spacial score (nSPS) is 22.9. The summed E-state index contributed by atoms with van der Waals surface area (Å²) >= 11 is 0. The summed E-state index contributed by atoms with van der Waals surface area (Å²) in [6.45, 7) is 3.27. The zero-order chi connectivity index (χ0) is 17.5. The fourth-order valence-electron chi connectivity index (χ4n) is 3.61. The Morgan fingerprint density at radius 1 is 0.913 bits per heavy atom. The molecular weight excluding hydrogens is 303 g/mol. The first-order chi connectivity index (χ1) is 10.9. The van der Waals surface area contributed by atoms with Gasteiger partial charge in [0.2, 0.25) is 0 Å². The van der Waals surface area contributed by atoms with Gasteiger partial charge in [-0.2, -0.15) is 0 Å². The van der Waals surface area contributed by atoms with Crippen LogP contribution in [0.3, 0.4) is 0 Å². The maximum Gasteiger partial charge on any atom is 0.118 e. The van der Waals surface area contributed by atoms with Crippen molar-refractivity contribution >= 4 is 13.5 Å². The summed E-state index contributed by atoms with van der Waals surface area (Å²) in [6, 6.07) is 0. The average Bonchev–Trinajstić information content (AvgIpc) is 2.87. The quantitative estimate of drug-likeness (QED) is 0.341. The van der Waals surface area contributed by atoms with Crippen LogP contribution in [-0.2, 0) is 0 Å². The second-order valence-electron chi connectivity index (χ2n) is 7.30. The molecule has 1 saturated heterocycles. The molecule has 1 heterocycles. The lowest BCUT2D eigenvalue weighted by Gasteiger charge is -2.43. The van der Waals surface area contributed by atoms with Gasteiger partial charge in [0.1, 0.15) is 5.66 Å². The molecule has 4 nitrogen and oxygen atoms in total. The molecule has 1 unspecified atom stereocenters. The van der Waals surface area contributed by atoms with Gasteiger partial charge in [-0.1, -0.05) is 39.0 Å². The molecule has 0 aromatic heterocycles. The Bertz CT molecular complexity index is 358. The summed E-state index contributed by atoms with van der Waals surface area (Å²) in [4.78, 5) is 9.91. The number of hydrogen-bond acceptors (Lipinski definition) is 4. The summed E-state index contributed by atoms with van der Waals surface area (Å²) < 4.78 is 2.41. The van der Waals surface area contributed by atoms with Crippen LogP contribution in [0.25, 0.3) is 0 Å². The van der Waals surface area contributed by atoms with Crippen molar-refractivity contribution in [3.8, 4) is 0 Å². The van der Waals surface area contributed by atoms with Crippen LogP contribution in [0.15, 0.2) is 4.99 Å². The molecule has 0 amide bonds. The van der Waals surface area contributed by atoms with Gasteiger partial charge in [-0.25, -0.2) is 0 Å². The van der Waals surface area contributed by atoms with E-state index in [1.807, 2.05) is 0 Å². The van der Waals surface area contributed by atoms with E-state index < -0.39 is 0 Å². The van der Waals surface area contributed by atoms with Crippen LogP contribution >= 0.6 is 8.07 Å². The predicted octanol–water partition coefficient (Wildman–Crippen LogP) is 3.93. The molecule has 136 valence electrons. The van der Waals surface area contributed by atoms with Crippen molar-refractivity contribution in [2.45, 2.75) is 57.5 Å². The molecule has 1 aliphatic heterocycles. The van der Waals surface area contributed by atoms with Gasteiger partial charge >= 0.3 is 0 Å². The molecule has 1 fully saturated rings.